The number of aromatic nitrogens is 3. The summed E-state index contributed by atoms with van der Waals surface area (Å²) in [5, 5.41) is 12.9. The van der Waals surface area contributed by atoms with E-state index in [4.69, 9.17) is 5.26 Å². The molecule has 1 atom stereocenters. The number of alkyl halides is 1. The Hall–Kier alpha value is -3.28. The standard InChI is InChI=1S/C11H10FN5.C7H6F2O/c12-9-1-3-16(7-9)10-2-4-17-11(15-10)8(5-13)6-14-17;1-10-7-3-2-5(8)4-6(7)9/h2,4,6,9H,1,3,7H2;2-4H,1H3. The minimum atomic E-state index is -0.784. The summed E-state index contributed by atoms with van der Waals surface area (Å²) < 4.78 is 43.9. The number of nitrogens with zero attached hydrogens (tertiary/aromatic N) is 5. The molecule has 4 rings (SSSR count). The summed E-state index contributed by atoms with van der Waals surface area (Å²) in [4.78, 5) is 6.25. The van der Waals surface area contributed by atoms with Crippen molar-refractivity contribution in [2.75, 3.05) is 25.1 Å². The van der Waals surface area contributed by atoms with Crippen molar-refractivity contribution in [2.24, 2.45) is 0 Å². The average Bonchev–Trinajstić information content (AvgIpc) is 3.27. The van der Waals surface area contributed by atoms with Gasteiger partial charge in [0.25, 0.3) is 0 Å². The molecule has 0 N–H and O–H groups in total. The molecule has 1 aliphatic heterocycles. The Labute approximate surface area is 153 Å². The second kappa shape index (κ2) is 7.95. The molecule has 6 nitrogen and oxygen atoms in total. The van der Waals surface area contributed by atoms with Gasteiger partial charge in [-0.1, -0.05) is 0 Å². The largest absolute Gasteiger partial charge is 0.494 e. The van der Waals surface area contributed by atoms with Gasteiger partial charge >= 0.3 is 0 Å². The van der Waals surface area contributed by atoms with E-state index in [1.165, 1.54) is 19.4 Å². The lowest BCUT2D eigenvalue weighted by Gasteiger charge is -2.15. The normalized spacial score (nSPS) is 16.0. The molecule has 0 radical (unpaired) electrons. The molecule has 1 aliphatic rings. The molecule has 0 amide bonds. The van der Waals surface area contributed by atoms with Crippen LogP contribution in [0.2, 0.25) is 0 Å². The van der Waals surface area contributed by atoms with Crippen LogP contribution in [0.3, 0.4) is 0 Å². The summed E-state index contributed by atoms with van der Waals surface area (Å²) in [6.07, 6.45) is 2.98. The first kappa shape index (κ1) is 18.5. The van der Waals surface area contributed by atoms with E-state index in [0.29, 0.717) is 36.5 Å². The summed E-state index contributed by atoms with van der Waals surface area (Å²) in [5.41, 5.74) is 0.954. The van der Waals surface area contributed by atoms with Crippen molar-refractivity contribution in [3.8, 4) is 11.8 Å². The average molecular weight is 375 g/mol. The fraction of sp³-hybridized carbons (Fsp3) is 0.278. The molecule has 140 valence electrons. The number of anilines is 1. The van der Waals surface area contributed by atoms with Crippen LogP contribution >= 0.6 is 0 Å². The van der Waals surface area contributed by atoms with Gasteiger partial charge in [-0.25, -0.2) is 22.7 Å². The van der Waals surface area contributed by atoms with E-state index in [0.717, 1.165) is 12.1 Å². The number of benzene rings is 1. The van der Waals surface area contributed by atoms with Crippen molar-refractivity contribution < 1.29 is 17.9 Å². The second-order valence-corrected chi connectivity index (χ2v) is 5.83. The first-order valence-corrected chi connectivity index (χ1v) is 8.14. The van der Waals surface area contributed by atoms with Crippen molar-refractivity contribution in [2.45, 2.75) is 12.6 Å². The third-order valence-electron chi connectivity index (χ3n) is 4.04. The Morgan fingerprint density at radius 3 is 2.74 bits per heavy atom. The minimum Gasteiger partial charge on any atom is -0.494 e. The molecular weight excluding hydrogens is 359 g/mol. The third kappa shape index (κ3) is 4.11. The number of nitriles is 1. The lowest BCUT2D eigenvalue weighted by molar-refractivity contribution is 0.364. The van der Waals surface area contributed by atoms with E-state index < -0.39 is 17.8 Å². The van der Waals surface area contributed by atoms with Crippen molar-refractivity contribution in [3.05, 3.63) is 53.9 Å². The van der Waals surface area contributed by atoms with Gasteiger partial charge in [0.05, 0.1) is 19.9 Å². The molecule has 0 aliphatic carbocycles. The monoisotopic (exact) mass is 375 g/mol. The smallest absolute Gasteiger partial charge is 0.175 e. The van der Waals surface area contributed by atoms with Crippen LogP contribution in [0.4, 0.5) is 19.0 Å². The number of fused-ring (bicyclic) bond motifs is 1. The Bertz CT molecular complexity index is 985. The van der Waals surface area contributed by atoms with E-state index in [1.807, 2.05) is 11.0 Å². The van der Waals surface area contributed by atoms with Gasteiger partial charge in [-0.05, 0) is 24.6 Å². The molecule has 1 aromatic carbocycles. The molecular formula is C18H16F3N5O. The number of ether oxygens (including phenoxy) is 1. The van der Waals surface area contributed by atoms with Gasteiger partial charge in [0.15, 0.2) is 17.2 Å². The predicted molar refractivity (Wildman–Crippen MR) is 92.3 cm³/mol. The van der Waals surface area contributed by atoms with Crippen molar-refractivity contribution in [3.63, 3.8) is 0 Å². The van der Waals surface area contributed by atoms with Crippen molar-refractivity contribution in [1.29, 1.82) is 5.26 Å². The highest BCUT2D eigenvalue weighted by Crippen LogP contribution is 2.21. The lowest BCUT2D eigenvalue weighted by Crippen LogP contribution is -2.21. The maximum absolute atomic E-state index is 13.1. The third-order valence-corrected chi connectivity index (χ3v) is 4.04. The number of hydrogen-bond acceptors (Lipinski definition) is 5. The number of hydrogen-bond donors (Lipinski definition) is 0. The van der Waals surface area contributed by atoms with Crippen molar-refractivity contribution in [1.82, 2.24) is 14.6 Å². The molecule has 1 unspecified atom stereocenters. The van der Waals surface area contributed by atoms with Crippen LogP contribution in [0.1, 0.15) is 12.0 Å². The number of methoxy groups -OCH3 is 1. The molecule has 1 saturated heterocycles. The van der Waals surface area contributed by atoms with Crippen LogP contribution in [-0.4, -0.2) is 41.0 Å². The van der Waals surface area contributed by atoms with Gasteiger partial charge < -0.3 is 9.64 Å². The molecule has 0 saturated carbocycles. The molecule has 1 fully saturated rings. The second-order valence-electron chi connectivity index (χ2n) is 5.83. The Morgan fingerprint density at radius 2 is 2.11 bits per heavy atom. The summed E-state index contributed by atoms with van der Waals surface area (Å²) in [7, 11) is 1.33. The maximum Gasteiger partial charge on any atom is 0.175 e. The quantitative estimate of drug-likeness (QED) is 0.689. The van der Waals surface area contributed by atoms with Crippen LogP contribution in [0.15, 0.2) is 36.7 Å². The maximum atomic E-state index is 13.1. The fourth-order valence-corrected chi connectivity index (χ4v) is 2.68. The van der Waals surface area contributed by atoms with E-state index in [9.17, 15) is 13.2 Å². The first-order valence-electron chi connectivity index (χ1n) is 8.14. The summed E-state index contributed by atoms with van der Waals surface area (Å²) >= 11 is 0. The van der Waals surface area contributed by atoms with E-state index in [-0.39, 0.29) is 5.75 Å². The van der Waals surface area contributed by atoms with Crippen LogP contribution in [0.5, 0.6) is 5.75 Å². The van der Waals surface area contributed by atoms with Crippen LogP contribution in [0.25, 0.3) is 5.65 Å². The van der Waals surface area contributed by atoms with Crippen LogP contribution in [0, 0.1) is 23.0 Å². The zero-order valence-corrected chi connectivity index (χ0v) is 14.4. The highest BCUT2D eigenvalue weighted by Gasteiger charge is 2.23. The summed E-state index contributed by atoms with van der Waals surface area (Å²) in [6, 6.07) is 6.99. The van der Waals surface area contributed by atoms with Crippen LogP contribution < -0.4 is 9.64 Å². The van der Waals surface area contributed by atoms with E-state index in [1.54, 1.807) is 16.8 Å². The first-order chi connectivity index (χ1) is 13.0. The Balaban J connectivity index is 0.000000180. The van der Waals surface area contributed by atoms with Gasteiger partial charge in [-0.3, -0.25) is 0 Å². The fourth-order valence-electron chi connectivity index (χ4n) is 2.68. The van der Waals surface area contributed by atoms with E-state index >= 15 is 0 Å². The van der Waals surface area contributed by atoms with Gasteiger partial charge in [0.2, 0.25) is 0 Å². The highest BCUT2D eigenvalue weighted by molar-refractivity contribution is 5.57. The summed E-state index contributed by atoms with van der Waals surface area (Å²) in [5.74, 6) is -0.517. The molecule has 2 aromatic heterocycles. The molecule has 27 heavy (non-hydrogen) atoms. The Morgan fingerprint density at radius 1 is 1.30 bits per heavy atom. The molecule has 3 aromatic rings. The molecule has 3 heterocycles. The van der Waals surface area contributed by atoms with Crippen LogP contribution in [-0.2, 0) is 0 Å². The van der Waals surface area contributed by atoms with E-state index in [2.05, 4.69) is 14.8 Å². The predicted octanol–water partition coefficient (Wildman–Crippen LogP) is 3.12. The molecule has 0 bridgehead atoms. The van der Waals surface area contributed by atoms with Gasteiger partial charge in [0, 0.05) is 18.8 Å². The number of rotatable bonds is 2. The van der Waals surface area contributed by atoms with Gasteiger partial charge in [-0.15, -0.1) is 0 Å². The summed E-state index contributed by atoms with van der Waals surface area (Å²) in [6.45, 7) is 1.04. The lowest BCUT2D eigenvalue weighted by atomic mass is 10.3. The highest BCUT2D eigenvalue weighted by atomic mass is 19.1. The van der Waals surface area contributed by atoms with Gasteiger partial charge in [0.1, 0.15) is 29.4 Å². The zero-order chi connectivity index (χ0) is 19.4. The molecule has 9 heteroatoms. The Kier molecular flexibility index (Phi) is 5.45. The number of halogens is 3. The van der Waals surface area contributed by atoms with Gasteiger partial charge in [-0.2, -0.15) is 10.4 Å². The SMILES string of the molecule is COc1ccc(F)cc1F.N#Cc1cnn2ccc(N3CCC(F)C3)nc12. The molecule has 0 spiro atoms. The minimum absolute atomic E-state index is 0.0569. The van der Waals surface area contributed by atoms with Crippen molar-refractivity contribution >= 4 is 11.5 Å². The zero-order valence-electron chi connectivity index (χ0n) is 14.4. The topological polar surface area (TPSA) is 66.4 Å².